The van der Waals surface area contributed by atoms with Crippen molar-refractivity contribution in [1.29, 1.82) is 0 Å². The smallest absolute Gasteiger partial charge is 0.150 e. The van der Waals surface area contributed by atoms with Gasteiger partial charge in [-0.15, -0.1) is 21.8 Å². The Kier molecular flexibility index (Phi) is 4.31. The van der Waals surface area contributed by atoms with Crippen LogP contribution in [0.5, 0.6) is 0 Å². The van der Waals surface area contributed by atoms with Crippen molar-refractivity contribution in [2.75, 3.05) is 5.88 Å². The fraction of sp³-hybridized carbons (Fsp3) is 0.273. The maximum Gasteiger partial charge on any atom is 0.150 e. The van der Waals surface area contributed by atoms with Gasteiger partial charge in [0.25, 0.3) is 0 Å². The molecule has 0 aliphatic rings. The average molecular weight is 291 g/mol. The number of alkyl halides is 1. The second kappa shape index (κ2) is 5.76. The van der Waals surface area contributed by atoms with Crippen LogP contribution in [-0.4, -0.2) is 16.1 Å². The molecule has 0 N–H and O–H groups in total. The minimum absolute atomic E-state index is 0.338. The molecule has 17 heavy (non-hydrogen) atoms. The monoisotopic (exact) mass is 290 g/mol. The molecule has 1 heterocycles. The van der Waals surface area contributed by atoms with E-state index in [0.717, 1.165) is 17.8 Å². The molecule has 1 aromatic carbocycles. The summed E-state index contributed by atoms with van der Waals surface area (Å²) in [5, 5.41) is 9.87. The Morgan fingerprint density at radius 1 is 1.29 bits per heavy atom. The van der Waals surface area contributed by atoms with Crippen LogP contribution in [0.25, 0.3) is 10.6 Å². The van der Waals surface area contributed by atoms with E-state index >= 15 is 0 Å². The van der Waals surface area contributed by atoms with E-state index in [1.165, 1.54) is 23.5 Å². The van der Waals surface area contributed by atoms with E-state index in [9.17, 15) is 4.39 Å². The molecule has 0 bridgehead atoms. The highest BCUT2D eigenvalue weighted by Gasteiger charge is 2.11. The molecule has 6 heteroatoms. The predicted molar refractivity (Wildman–Crippen MR) is 69.4 cm³/mol. The molecular weight excluding hydrogens is 282 g/mol. The van der Waals surface area contributed by atoms with Gasteiger partial charge in [-0.1, -0.05) is 22.9 Å². The lowest BCUT2D eigenvalue weighted by molar-refractivity contribution is 0.631. The molecule has 0 atom stereocenters. The Hall–Kier alpha value is -0.710. The van der Waals surface area contributed by atoms with E-state index in [4.69, 9.17) is 23.2 Å². The molecule has 0 aliphatic carbocycles. The van der Waals surface area contributed by atoms with Gasteiger partial charge in [0.15, 0.2) is 5.01 Å². The van der Waals surface area contributed by atoms with Gasteiger partial charge in [0.1, 0.15) is 10.8 Å². The summed E-state index contributed by atoms with van der Waals surface area (Å²) in [6.07, 6.45) is 1.61. The zero-order valence-corrected chi connectivity index (χ0v) is 11.1. The molecule has 0 saturated heterocycles. The van der Waals surface area contributed by atoms with Crippen molar-refractivity contribution >= 4 is 34.5 Å². The maximum absolute atomic E-state index is 13.6. The first kappa shape index (κ1) is 12.7. The zero-order valence-electron chi connectivity index (χ0n) is 8.79. The number of aryl methyl sites for hydroxylation is 1. The Bertz CT molecular complexity index is 516. The second-order valence-corrected chi connectivity index (χ2v) is 5.29. The Balaban J connectivity index is 2.27. The van der Waals surface area contributed by atoms with E-state index in [2.05, 4.69) is 10.2 Å². The van der Waals surface area contributed by atoms with Crippen LogP contribution in [0.2, 0.25) is 5.02 Å². The van der Waals surface area contributed by atoms with Gasteiger partial charge in [0, 0.05) is 22.9 Å². The molecule has 2 nitrogen and oxygen atoms in total. The fourth-order valence-electron chi connectivity index (χ4n) is 1.34. The summed E-state index contributed by atoms with van der Waals surface area (Å²) >= 11 is 12.8. The van der Waals surface area contributed by atoms with Crippen LogP contribution in [0, 0.1) is 5.82 Å². The highest BCUT2D eigenvalue weighted by Crippen LogP contribution is 2.28. The van der Waals surface area contributed by atoms with Gasteiger partial charge in [0.2, 0.25) is 0 Å². The Morgan fingerprint density at radius 2 is 2.12 bits per heavy atom. The first-order valence-corrected chi connectivity index (χ1v) is 6.77. The summed E-state index contributed by atoms with van der Waals surface area (Å²) < 4.78 is 13.6. The van der Waals surface area contributed by atoms with Crippen molar-refractivity contribution in [2.45, 2.75) is 12.8 Å². The van der Waals surface area contributed by atoms with Crippen LogP contribution in [0.15, 0.2) is 18.2 Å². The van der Waals surface area contributed by atoms with E-state index in [-0.39, 0.29) is 5.82 Å². The van der Waals surface area contributed by atoms with Crippen LogP contribution in [0.1, 0.15) is 11.4 Å². The lowest BCUT2D eigenvalue weighted by Gasteiger charge is -1.98. The summed E-state index contributed by atoms with van der Waals surface area (Å²) in [6.45, 7) is 0. The van der Waals surface area contributed by atoms with E-state index in [1.54, 1.807) is 6.07 Å². The molecule has 2 rings (SSSR count). The maximum atomic E-state index is 13.6. The van der Waals surface area contributed by atoms with Gasteiger partial charge in [-0.25, -0.2) is 4.39 Å². The summed E-state index contributed by atoms with van der Waals surface area (Å²) in [6, 6.07) is 4.40. The summed E-state index contributed by atoms with van der Waals surface area (Å²) in [4.78, 5) is 0. The second-order valence-electron chi connectivity index (χ2n) is 3.42. The topological polar surface area (TPSA) is 25.8 Å². The number of benzene rings is 1. The van der Waals surface area contributed by atoms with Gasteiger partial charge in [-0.3, -0.25) is 0 Å². The van der Waals surface area contributed by atoms with Gasteiger partial charge < -0.3 is 0 Å². The molecule has 1 aromatic heterocycles. The van der Waals surface area contributed by atoms with Crippen molar-refractivity contribution in [3.8, 4) is 10.6 Å². The highest BCUT2D eigenvalue weighted by atomic mass is 35.5. The molecule has 0 saturated carbocycles. The third kappa shape index (κ3) is 3.15. The Morgan fingerprint density at radius 3 is 2.88 bits per heavy atom. The number of rotatable bonds is 4. The molecule has 0 radical (unpaired) electrons. The number of aromatic nitrogens is 2. The first-order valence-electron chi connectivity index (χ1n) is 5.04. The minimum atomic E-state index is -0.338. The van der Waals surface area contributed by atoms with Gasteiger partial charge >= 0.3 is 0 Å². The first-order chi connectivity index (χ1) is 8.20. The average Bonchev–Trinajstić information content (AvgIpc) is 2.78. The number of hydrogen-bond donors (Lipinski definition) is 0. The number of nitrogens with zero attached hydrogens (tertiary/aromatic N) is 2. The normalized spacial score (nSPS) is 10.8. The number of halogens is 3. The number of hydrogen-bond acceptors (Lipinski definition) is 3. The molecule has 0 fully saturated rings. The Labute approximate surface area is 112 Å². The highest BCUT2D eigenvalue weighted by molar-refractivity contribution is 7.14. The molecule has 0 spiro atoms. The molecule has 2 aromatic rings. The predicted octanol–water partition coefficient (Wildman–Crippen LogP) is 4.17. The summed E-state index contributed by atoms with van der Waals surface area (Å²) in [7, 11) is 0. The van der Waals surface area contributed by atoms with Crippen molar-refractivity contribution < 1.29 is 4.39 Å². The van der Waals surface area contributed by atoms with Crippen molar-refractivity contribution in [2.24, 2.45) is 0 Å². The fourth-order valence-corrected chi connectivity index (χ4v) is 2.55. The van der Waals surface area contributed by atoms with Crippen molar-refractivity contribution in [3.05, 3.63) is 34.0 Å². The molecule has 0 unspecified atom stereocenters. The van der Waals surface area contributed by atoms with Crippen LogP contribution in [0.3, 0.4) is 0 Å². The summed E-state index contributed by atoms with van der Waals surface area (Å²) in [5.41, 5.74) is 0.395. The van der Waals surface area contributed by atoms with Crippen LogP contribution >= 0.6 is 34.5 Å². The molecular formula is C11H9Cl2FN2S. The zero-order chi connectivity index (χ0) is 12.3. The van der Waals surface area contributed by atoms with Crippen molar-refractivity contribution in [3.63, 3.8) is 0 Å². The summed E-state index contributed by atoms with van der Waals surface area (Å²) in [5.74, 6) is 0.245. The van der Waals surface area contributed by atoms with E-state index < -0.39 is 0 Å². The molecule has 0 aliphatic heterocycles. The van der Waals surface area contributed by atoms with E-state index in [1.807, 2.05) is 0 Å². The van der Waals surface area contributed by atoms with Crippen LogP contribution in [0.4, 0.5) is 4.39 Å². The van der Waals surface area contributed by atoms with Gasteiger partial charge in [0.05, 0.1) is 0 Å². The van der Waals surface area contributed by atoms with E-state index in [0.29, 0.717) is 21.5 Å². The third-order valence-corrected chi connectivity index (χ3v) is 3.67. The lowest BCUT2D eigenvalue weighted by Crippen LogP contribution is -1.84. The lowest BCUT2D eigenvalue weighted by atomic mass is 10.2. The van der Waals surface area contributed by atoms with Crippen LogP contribution < -0.4 is 0 Å². The third-order valence-electron chi connectivity index (χ3n) is 2.15. The quantitative estimate of drug-likeness (QED) is 0.790. The molecule has 90 valence electrons. The van der Waals surface area contributed by atoms with Crippen LogP contribution in [-0.2, 0) is 6.42 Å². The SMILES string of the molecule is Fc1ccc(Cl)cc1-c1nnc(CCCCl)s1. The largest absolute Gasteiger partial charge is 0.206 e. The van der Waals surface area contributed by atoms with Crippen molar-refractivity contribution in [1.82, 2.24) is 10.2 Å². The molecule has 0 amide bonds. The van der Waals surface area contributed by atoms with Gasteiger partial charge in [-0.2, -0.15) is 0 Å². The minimum Gasteiger partial charge on any atom is -0.206 e. The van der Waals surface area contributed by atoms with Gasteiger partial charge in [-0.05, 0) is 24.6 Å². The standard InChI is InChI=1S/C11H9Cl2FN2S/c12-5-1-2-10-15-16-11(17-10)8-6-7(13)3-4-9(8)14/h3-4,6H,1-2,5H2.